The Bertz CT molecular complexity index is 702. The number of nitrogens with zero attached hydrogens (tertiary/aromatic N) is 5. The number of amides is 1. The maximum absolute atomic E-state index is 12.8. The largest absolute Gasteiger partial charge is 0.333 e. The van der Waals surface area contributed by atoms with E-state index in [0.29, 0.717) is 30.2 Å². The molecule has 3 aliphatic heterocycles. The van der Waals surface area contributed by atoms with E-state index in [1.807, 2.05) is 4.90 Å². The minimum atomic E-state index is -3.45. The molecule has 23 heavy (non-hydrogen) atoms. The molecule has 0 unspecified atom stereocenters. The van der Waals surface area contributed by atoms with E-state index in [4.69, 9.17) is 0 Å². The van der Waals surface area contributed by atoms with Crippen molar-refractivity contribution in [3.8, 4) is 0 Å². The lowest BCUT2D eigenvalue weighted by atomic mass is 9.95. The Kier molecular flexibility index (Phi) is 4.43. The summed E-state index contributed by atoms with van der Waals surface area (Å²) < 4.78 is 31.5. The van der Waals surface area contributed by atoms with Gasteiger partial charge in [-0.25, -0.2) is 0 Å². The van der Waals surface area contributed by atoms with Crippen LogP contribution < -0.4 is 0 Å². The Morgan fingerprint density at radius 1 is 1.26 bits per heavy atom. The van der Waals surface area contributed by atoms with Crippen molar-refractivity contribution in [1.29, 1.82) is 0 Å². The van der Waals surface area contributed by atoms with Crippen LogP contribution in [0.2, 0.25) is 0 Å². The molecular formula is C13H21N5O3S2. The van der Waals surface area contributed by atoms with Gasteiger partial charge < -0.3 is 4.90 Å². The number of hydrogen-bond donors (Lipinski definition) is 0. The Morgan fingerprint density at radius 2 is 2.00 bits per heavy atom. The van der Waals surface area contributed by atoms with Gasteiger partial charge in [0.25, 0.3) is 16.1 Å². The number of rotatable bonds is 3. The zero-order chi connectivity index (χ0) is 16.8. The van der Waals surface area contributed by atoms with Crippen LogP contribution in [0.15, 0.2) is 0 Å². The average Bonchev–Trinajstić information content (AvgIpc) is 2.73. The maximum atomic E-state index is 12.8. The number of aromatic nitrogens is 2. The number of piperidine rings is 1. The number of hydrogen-bond acceptors (Lipinski definition) is 6. The highest BCUT2D eigenvalue weighted by Crippen LogP contribution is 2.31. The molecule has 3 aliphatic rings. The monoisotopic (exact) mass is 359 g/mol. The normalized spacial score (nSPS) is 25.8. The second kappa shape index (κ2) is 6.08. The van der Waals surface area contributed by atoms with Gasteiger partial charge in [-0.1, -0.05) is 4.49 Å². The molecule has 0 N–H and O–H groups in total. The maximum Gasteiger partial charge on any atom is 0.281 e. The highest BCUT2D eigenvalue weighted by molar-refractivity contribution is 7.86. The summed E-state index contributed by atoms with van der Waals surface area (Å²) >= 11 is 1.10. The van der Waals surface area contributed by atoms with Crippen molar-refractivity contribution in [2.75, 3.05) is 33.7 Å². The Hall–Kier alpha value is -1.10. The molecule has 4 heterocycles. The Balaban J connectivity index is 1.85. The van der Waals surface area contributed by atoms with Crippen molar-refractivity contribution in [2.24, 2.45) is 5.92 Å². The molecule has 4 rings (SSSR count). The fraction of sp³-hybridized carbons (Fsp3) is 0.769. The summed E-state index contributed by atoms with van der Waals surface area (Å²) in [7, 11) is -0.375. The van der Waals surface area contributed by atoms with Crippen molar-refractivity contribution in [3.63, 3.8) is 0 Å². The van der Waals surface area contributed by atoms with Crippen molar-refractivity contribution >= 4 is 27.6 Å². The summed E-state index contributed by atoms with van der Waals surface area (Å²) in [5.41, 5.74) is 0.637. The number of aryl methyl sites for hydroxylation is 1. The highest BCUT2D eigenvalue weighted by Gasteiger charge is 2.42. The van der Waals surface area contributed by atoms with Crippen LogP contribution in [0.4, 0.5) is 0 Å². The molecule has 0 saturated carbocycles. The van der Waals surface area contributed by atoms with E-state index < -0.39 is 10.2 Å². The Labute approximate surface area is 140 Å². The molecule has 1 aromatic heterocycles. The van der Waals surface area contributed by atoms with Gasteiger partial charge in [0.15, 0.2) is 0 Å². The molecule has 1 amide bonds. The molecule has 0 spiro atoms. The lowest BCUT2D eigenvalue weighted by Gasteiger charge is -2.35. The minimum absolute atomic E-state index is 0.0729. The first-order chi connectivity index (χ1) is 10.8. The zero-order valence-electron chi connectivity index (χ0n) is 13.5. The summed E-state index contributed by atoms with van der Waals surface area (Å²) in [5.74, 6) is 0.102. The molecule has 0 aliphatic carbocycles. The third kappa shape index (κ3) is 3.00. The summed E-state index contributed by atoms with van der Waals surface area (Å²) in [6.45, 7) is 3.20. The molecule has 128 valence electrons. The molecule has 0 radical (unpaired) electrons. The van der Waals surface area contributed by atoms with Crippen LogP contribution in [-0.2, 0) is 10.2 Å². The van der Waals surface area contributed by atoms with Crippen LogP contribution in [0.1, 0.15) is 28.2 Å². The number of carbonyl (C=O) groups excluding carboxylic acids is 1. The highest BCUT2D eigenvalue weighted by atomic mass is 32.2. The molecule has 0 aromatic carbocycles. The van der Waals surface area contributed by atoms with Crippen molar-refractivity contribution in [2.45, 2.75) is 25.8 Å². The fourth-order valence-electron chi connectivity index (χ4n) is 3.27. The summed E-state index contributed by atoms with van der Waals surface area (Å²) in [6.07, 6.45) is 1.79. The average molecular weight is 359 g/mol. The van der Waals surface area contributed by atoms with Crippen LogP contribution in [0.3, 0.4) is 0 Å². The first-order valence-corrected chi connectivity index (χ1v) is 9.75. The van der Waals surface area contributed by atoms with Gasteiger partial charge in [-0.3, -0.25) is 4.79 Å². The van der Waals surface area contributed by atoms with Gasteiger partial charge in [-0.15, -0.1) is 5.10 Å². The van der Waals surface area contributed by atoms with E-state index in [1.165, 1.54) is 22.7 Å². The molecule has 1 aromatic rings. The van der Waals surface area contributed by atoms with Gasteiger partial charge in [0.2, 0.25) is 0 Å². The van der Waals surface area contributed by atoms with Gasteiger partial charge in [-0.05, 0) is 37.2 Å². The first kappa shape index (κ1) is 16.7. The van der Waals surface area contributed by atoms with Gasteiger partial charge in [0.1, 0.15) is 4.88 Å². The lowest BCUT2D eigenvalue weighted by molar-refractivity contribution is 0.0592. The number of carbonyl (C=O) groups is 1. The van der Waals surface area contributed by atoms with Gasteiger partial charge >= 0.3 is 0 Å². The van der Waals surface area contributed by atoms with E-state index in [-0.39, 0.29) is 17.9 Å². The van der Waals surface area contributed by atoms with E-state index in [0.717, 1.165) is 24.4 Å². The first-order valence-electron chi connectivity index (χ1n) is 7.58. The summed E-state index contributed by atoms with van der Waals surface area (Å²) in [6, 6.07) is -0.0857. The van der Waals surface area contributed by atoms with E-state index in [2.05, 4.69) is 9.59 Å². The molecule has 10 heteroatoms. The zero-order valence-corrected chi connectivity index (χ0v) is 15.1. The van der Waals surface area contributed by atoms with Crippen LogP contribution in [0, 0.1) is 12.8 Å². The second-order valence-electron chi connectivity index (χ2n) is 6.35. The van der Waals surface area contributed by atoms with E-state index >= 15 is 0 Å². The molecule has 8 nitrogen and oxygen atoms in total. The third-order valence-electron chi connectivity index (χ3n) is 4.57. The van der Waals surface area contributed by atoms with Crippen molar-refractivity contribution < 1.29 is 13.2 Å². The van der Waals surface area contributed by atoms with Crippen molar-refractivity contribution in [3.05, 3.63) is 10.6 Å². The van der Waals surface area contributed by atoms with Crippen molar-refractivity contribution in [1.82, 2.24) is 23.1 Å². The predicted molar refractivity (Wildman–Crippen MR) is 86.4 cm³/mol. The van der Waals surface area contributed by atoms with Crippen LogP contribution >= 0.6 is 11.5 Å². The van der Waals surface area contributed by atoms with Gasteiger partial charge in [-0.2, -0.15) is 17.0 Å². The minimum Gasteiger partial charge on any atom is -0.333 e. The molecule has 2 bridgehead atoms. The fourth-order valence-corrected chi connectivity index (χ4v) is 5.10. The van der Waals surface area contributed by atoms with Gasteiger partial charge in [0, 0.05) is 39.8 Å². The van der Waals surface area contributed by atoms with Gasteiger partial charge in [0.05, 0.1) is 5.69 Å². The molecular weight excluding hydrogens is 338 g/mol. The standard InChI is InChI=1S/C13H21N5O3S2/c1-9-12(22-15-14-9)13(19)18-7-10-4-5-11(18)8-17(6-10)23(20,21)16(2)3/h10-11H,4-8H2,1-3H3/t10-,11+/m1/s1. The van der Waals surface area contributed by atoms with Crippen LogP contribution in [0.5, 0.6) is 0 Å². The molecule has 2 atom stereocenters. The smallest absolute Gasteiger partial charge is 0.281 e. The van der Waals surface area contributed by atoms with Crippen LogP contribution in [0.25, 0.3) is 0 Å². The molecule has 3 fully saturated rings. The van der Waals surface area contributed by atoms with Crippen LogP contribution in [-0.4, -0.2) is 77.2 Å². The summed E-state index contributed by atoms with van der Waals surface area (Å²) in [4.78, 5) is 15.2. The topological polar surface area (TPSA) is 86.7 Å². The third-order valence-corrected chi connectivity index (χ3v) is 7.26. The van der Waals surface area contributed by atoms with E-state index in [1.54, 1.807) is 6.92 Å². The SMILES string of the molecule is Cc1nnsc1C(=O)N1C[C@@H]2CC[C@H]1CN(S(=O)(=O)N(C)C)C2. The Morgan fingerprint density at radius 3 is 2.61 bits per heavy atom. The predicted octanol–water partition coefficient (Wildman–Crippen LogP) is 0.189. The lowest BCUT2D eigenvalue weighted by Crippen LogP contribution is -2.48. The second-order valence-corrected chi connectivity index (χ2v) is 9.25. The quantitative estimate of drug-likeness (QED) is 0.769. The molecule has 3 saturated heterocycles. The summed E-state index contributed by atoms with van der Waals surface area (Å²) in [5, 5.41) is 3.90. The number of fused-ring (bicyclic) bond motifs is 4. The van der Waals surface area contributed by atoms with E-state index in [9.17, 15) is 13.2 Å².